The van der Waals surface area contributed by atoms with Gasteiger partial charge in [-0.2, -0.15) is 0 Å². The SMILES string of the molecule is OC1c2cccc(Br)c2CC12CCN(Cc1ccccc1)CC2. The molecule has 1 atom stereocenters. The van der Waals surface area contributed by atoms with Gasteiger partial charge in [-0.15, -0.1) is 0 Å². The van der Waals surface area contributed by atoms with Crippen molar-refractivity contribution in [1.82, 2.24) is 4.90 Å². The van der Waals surface area contributed by atoms with Crippen LogP contribution in [-0.2, 0) is 13.0 Å². The van der Waals surface area contributed by atoms with E-state index < -0.39 is 0 Å². The second-order valence-electron chi connectivity index (χ2n) is 7.01. The van der Waals surface area contributed by atoms with Gasteiger partial charge in [0.1, 0.15) is 0 Å². The lowest BCUT2D eigenvalue weighted by Gasteiger charge is -2.41. The molecule has 4 rings (SSSR count). The predicted octanol–water partition coefficient (Wildman–Crippen LogP) is 4.32. The summed E-state index contributed by atoms with van der Waals surface area (Å²) >= 11 is 3.66. The summed E-state index contributed by atoms with van der Waals surface area (Å²) in [6.45, 7) is 3.15. The maximum atomic E-state index is 10.9. The second-order valence-corrected chi connectivity index (χ2v) is 7.87. The molecule has 1 aliphatic carbocycles. The van der Waals surface area contributed by atoms with Gasteiger partial charge in [-0.05, 0) is 55.1 Å². The van der Waals surface area contributed by atoms with Crippen LogP contribution in [0.4, 0.5) is 0 Å². The molecule has 2 aromatic carbocycles. The first kappa shape index (κ1) is 15.4. The van der Waals surface area contributed by atoms with Crippen molar-refractivity contribution in [3.05, 3.63) is 69.7 Å². The number of fused-ring (bicyclic) bond motifs is 1. The monoisotopic (exact) mass is 371 g/mol. The molecular formula is C20H22BrNO. The van der Waals surface area contributed by atoms with Gasteiger partial charge in [-0.1, -0.05) is 58.4 Å². The van der Waals surface area contributed by atoms with E-state index in [0.29, 0.717) is 0 Å². The molecule has 1 heterocycles. The molecule has 0 saturated carbocycles. The Morgan fingerprint density at radius 3 is 2.48 bits per heavy atom. The summed E-state index contributed by atoms with van der Waals surface area (Å²) in [5.41, 5.74) is 3.87. The van der Waals surface area contributed by atoms with Crippen molar-refractivity contribution >= 4 is 15.9 Å². The summed E-state index contributed by atoms with van der Waals surface area (Å²) < 4.78 is 1.15. The average molecular weight is 372 g/mol. The fourth-order valence-corrected chi connectivity index (χ4v) is 4.77. The topological polar surface area (TPSA) is 23.5 Å². The van der Waals surface area contributed by atoms with E-state index in [0.717, 1.165) is 48.9 Å². The highest BCUT2D eigenvalue weighted by Gasteiger charge is 2.47. The van der Waals surface area contributed by atoms with Crippen molar-refractivity contribution in [2.24, 2.45) is 5.41 Å². The van der Waals surface area contributed by atoms with Crippen molar-refractivity contribution in [2.45, 2.75) is 31.9 Å². The van der Waals surface area contributed by atoms with Crippen LogP contribution < -0.4 is 0 Å². The van der Waals surface area contributed by atoms with Crippen LogP contribution >= 0.6 is 15.9 Å². The van der Waals surface area contributed by atoms with Gasteiger partial charge in [0.15, 0.2) is 0 Å². The molecule has 1 saturated heterocycles. The fourth-order valence-electron chi connectivity index (χ4n) is 4.24. The van der Waals surface area contributed by atoms with Gasteiger partial charge in [0.2, 0.25) is 0 Å². The molecule has 0 amide bonds. The Bertz CT molecular complexity index is 692. The van der Waals surface area contributed by atoms with Gasteiger partial charge >= 0.3 is 0 Å². The third-order valence-corrected chi connectivity index (χ3v) is 6.40. The predicted molar refractivity (Wildman–Crippen MR) is 96.2 cm³/mol. The van der Waals surface area contributed by atoms with Crippen LogP contribution in [0.5, 0.6) is 0 Å². The molecule has 23 heavy (non-hydrogen) atoms. The smallest absolute Gasteiger partial charge is 0.0853 e. The molecule has 3 heteroatoms. The number of benzene rings is 2. The zero-order chi connectivity index (χ0) is 15.9. The van der Waals surface area contributed by atoms with Crippen molar-refractivity contribution < 1.29 is 5.11 Å². The number of piperidine rings is 1. The molecule has 1 N–H and O–H groups in total. The molecule has 2 nitrogen and oxygen atoms in total. The number of nitrogens with zero attached hydrogens (tertiary/aromatic N) is 1. The zero-order valence-electron chi connectivity index (χ0n) is 13.2. The third kappa shape index (κ3) is 2.75. The van der Waals surface area contributed by atoms with Crippen LogP contribution in [-0.4, -0.2) is 23.1 Å². The molecule has 2 aromatic rings. The first-order valence-electron chi connectivity index (χ1n) is 8.40. The third-order valence-electron chi connectivity index (χ3n) is 5.66. The van der Waals surface area contributed by atoms with E-state index in [-0.39, 0.29) is 11.5 Å². The lowest BCUT2D eigenvalue weighted by Crippen LogP contribution is -2.41. The normalized spacial score (nSPS) is 23.1. The van der Waals surface area contributed by atoms with Crippen LogP contribution in [0.3, 0.4) is 0 Å². The minimum Gasteiger partial charge on any atom is -0.388 e. The summed E-state index contributed by atoms with van der Waals surface area (Å²) in [6, 6.07) is 16.9. The molecular weight excluding hydrogens is 350 g/mol. The fraction of sp³-hybridized carbons (Fsp3) is 0.400. The van der Waals surface area contributed by atoms with Crippen LogP contribution in [0.25, 0.3) is 0 Å². The number of likely N-dealkylation sites (tertiary alicyclic amines) is 1. The molecule has 0 aromatic heterocycles. The van der Waals surface area contributed by atoms with Gasteiger partial charge in [-0.25, -0.2) is 0 Å². The first-order chi connectivity index (χ1) is 11.2. The number of aliphatic hydroxyl groups is 1. The number of hydrogen-bond donors (Lipinski definition) is 1. The van der Waals surface area contributed by atoms with Gasteiger partial charge in [0, 0.05) is 16.4 Å². The minimum atomic E-state index is -0.311. The summed E-state index contributed by atoms with van der Waals surface area (Å²) in [5, 5.41) is 10.9. The minimum absolute atomic E-state index is 0.0411. The molecule has 1 spiro atoms. The summed E-state index contributed by atoms with van der Waals surface area (Å²) in [7, 11) is 0. The number of hydrogen-bond acceptors (Lipinski definition) is 2. The van der Waals surface area contributed by atoms with Crippen molar-refractivity contribution in [3.8, 4) is 0 Å². The highest BCUT2D eigenvalue weighted by atomic mass is 79.9. The van der Waals surface area contributed by atoms with Crippen molar-refractivity contribution in [1.29, 1.82) is 0 Å². The second kappa shape index (κ2) is 6.04. The largest absolute Gasteiger partial charge is 0.388 e. The van der Waals surface area contributed by atoms with Gasteiger partial charge in [0.05, 0.1) is 6.10 Å². The van der Waals surface area contributed by atoms with E-state index in [1.54, 1.807) is 0 Å². The maximum absolute atomic E-state index is 10.9. The van der Waals surface area contributed by atoms with Crippen LogP contribution in [0, 0.1) is 5.41 Å². The number of rotatable bonds is 2. The molecule has 120 valence electrons. The summed E-state index contributed by atoms with van der Waals surface area (Å²) in [6.07, 6.45) is 2.84. The molecule has 1 fully saturated rings. The Morgan fingerprint density at radius 1 is 1.04 bits per heavy atom. The van der Waals surface area contributed by atoms with Gasteiger partial charge in [-0.3, -0.25) is 4.90 Å². The molecule has 1 unspecified atom stereocenters. The summed E-state index contributed by atoms with van der Waals surface area (Å²) in [5.74, 6) is 0. The number of halogens is 1. The van der Waals surface area contributed by atoms with E-state index in [1.807, 2.05) is 6.07 Å². The lowest BCUT2D eigenvalue weighted by atomic mass is 9.74. The van der Waals surface area contributed by atoms with E-state index >= 15 is 0 Å². The van der Waals surface area contributed by atoms with Gasteiger partial charge in [0.25, 0.3) is 0 Å². The van der Waals surface area contributed by atoms with E-state index in [4.69, 9.17) is 0 Å². The standard InChI is InChI=1S/C20H22BrNO/c21-18-8-4-7-16-17(18)13-20(19(16)23)9-11-22(12-10-20)14-15-5-2-1-3-6-15/h1-8,19,23H,9-14H2. The molecule has 0 bridgehead atoms. The van der Waals surface area contributed by atoms with E-state index in [2.05, 4.69) is 63.3 Å². The molecule has 2 aliphatic rings. The Morgan fingerprint density at radius 2 is 1.78 bits per heavy atom. The van der Waals surface area contributed by atoms with Crippen LogP contribution in [0.15, 0.2) is 53.0 Å². The first-order valence-corrected chi connectivity index (χ1v) is 9.19. The Hall–Kier alpha value is -1.16. The molecule has 1 aliphatic heterocycles. The van der Waals surface area contributed by atoms with E-state index in [9.17, 15) is 5.11 Å². The number of aliphatic hydroxyl groups excluding tert-OH is 1. The summed E-state index contributed by atoms with van der Waals surface area (Å²) in [4.78, 5) is 2.52. The highest BCUT2D eigenvalue weighted by molar-refractivity contribution is 9.10. The highest BCUT2D eigenvalue weighted by Crippen LogP contribution is 2.53. The average Bonchev–Trinajstić information content (AvgIpc) is 2.85. The van der Waals surface area contributed by atoms with Crippen LogP contribution in [0.1, 0.15) is 35.6 Å². The quantitative estimate of drug-likeness (QED) is 0.849. The molecule has 0 radical (unpaired) electrons. The lowest BCUT2D eigenvalue weighted by molar-refractivity contribution is -0.0140. The van der Waals surface area contributed by atoms with E-state index in [1.165, 1.54) is 11.1 Å². The van der Waals surface area contributed by atoms with Crippen molar-refractivity contribution in [2.75, 3.05) is 13.1 Å². The maximum Gasteiger partial charge on any atom is 0.0853 e. The Labute approximate surface area is 146 Å². The zero-order valence-corrected chi connectivity index (χ0v) is 14.8. The van der Waals surface area contributed by atoms with Crippen molar-refractivity contribution in [3.63, 3.8) is 0 Å². The Kier molecular flexibility index (Phi) is 4.04. The Balaban J connectivity index is 1.47. The van der Waals surface area contributed by atoms with Gasteiger partial charge < -0.3 is 5.11 Å². The van der Waals surface area contributed by atoms with Crippen LogP contribution in [0.2, 0.25) is 0 Å².